The summed E-state index contributed by atoms with van der Waals surface area (Å²) in [6, 6.07) is 0.213. The van der Waals surface area contributed by atoms with E-state index in [0.717, 1.165) is 0 Å². The first-order valence-electron chi connectivity index (χ1n) is 6.28. The number of aromatic nitrogens is 3. The minimum absolute atomic E-state index is 0.0144. The monoisotopic (exact) mass is 269 g/mol. The maximum atomic E-state index is 9.21. The lowest BCUT2D eigenvalue weighted by molar-refractivity contribution is -0.0425. The van der Waals surface area contributed by atoms with Crippen LogP contribution >= 0.6 is 0 Å². The number of aliphatic hydroxyl groups excluding tert-OH is 1. The van der Waals surface area contributed by atoms with Crippen molar-refractivity contribution in [1.82, 2.24) is 15.0 Å². The van der Waals surface area contributed by atoms with Crippen LogP contribution in [0.3, 0.4) is 0 Å². The Kier molecular flexibility index (Phi) is 4.33. The fourth-order valence-corrected chi connectivity index (χ4v) is 2.01. The van der Waals surface area contributed by atoms with E-state index in [1.165, 1.54) is 0 Å². The van der Waals surface area contributed by atoms with Crippen LogP contribution in [0, 0.1) is 0 Å². The zero-order valence-electron chi connectivity index (χ0n) is 11.1. The summed E-state index contributed by atoms with van der Waals surface area (Å²) in [5.74, 6) is 0.567. The second-order valence-corrected chi connectivity index (χ2v) is 4.37. The number of hydrogen-bond donors (Lipinski definition) is 2. The van der Waals surface area contributed by atoms with Crippen LogP contribution in [-0.2, 0) is 4.74 Å². The van der Waals surface area contributed by atoms with Gasteiger partial charge in [0.1, 0.15) is 0 Å². The number of rotatable bonds is 4. The second kappa shape index (κ2) is 5.98. The number of morpholine rings is 1. The number of ether oxygens (including phenoxy) is 2. The maximum absolute atomic E-state index is 9.21. The normalized spacial score (nSPS) is 23.4. The molecular weight excluding hydrogens is 250 g/mol. The summed E-state index contributed by atoms with van der Waals surface area (Å²) in [6.45, 7) is 5.34. The summed E-state index contributed by atoms with van der Waals surface area (Å²) in [5.41, 5.74) is 5.65. The third-order valence-corrected chi connectivity index (χ3v) is 2.71. The van der Waals surface area contributed by atoms with Gasteiger partial charge >= 0.3 is 6.01 Å². The smallest absolute Gasteiger partial charge is 0.323 e. The molecule has 0 amide bonds. The lowest BCUT2D eigenvalue weighted by atomic mass is 10.2. The third-order valence-electron chi connectivity index (χ3n) is 2.71. The molecule has 2 heterocycles. The van der Waals surface area contributed by atoms with E-state index in [9.17, 15) is 5.11 Å². The van der Waals surface area contributed by atoms with Gasteiger partial charge in [-0.2, -0.15) is 15.0 Å². The fourth-order valence-electron chi connectivity index (χ4n) is 2.01. The van der Waals surface area contributed by atoms with Gasteiger partial charge in [0.2, 0.25) is 11.9 Å². The number of nitrogen functional groups attached to an aromatic ring is 1. The fraction of sp³-hybridized carbons (Fsp3) is 0.727. The number of nitrogens with two attached hydrogens (primary N) is 1. The van der Waals surface area contributed by atoms with Crippen molar-refractivity contribution in [2.45, 2.75) is 26.1 Å². The Morgan fingerprint density at radius 3 is 2.89 bits per heavy atom. The van der Waals surface area contributed by atoms with Crippen LogP contribution < -0.4 is 15.4 Å². The molecule has 8 nitrogen and oxygen atoms in total. The Morgan fingerprint density at radius 1 is 1.42 bits per heavy atom. The molecule has 19 heavy (non-hydrogen) atoms. The molecule has 2 atom stereocenters. The largest absolute Gasteiger partial charge is 0.464 e. The average Bonchev–Trinajstić information content (AvgIpc) is 2.37. The molecule has 2 unspecified atom stereocenters. The molecule has 0 radical (unpaired) electrons. The van der Waals surface area contributed by atoms with Crippen molar-refractivity contribution in [3.8, 4) is 6.01 Å². The number of aliphatic hydroxyl groups is 1. The van der Waals surface area contributed by atoms with Crippen LogP contribution in [0.15, 0.2) is 0 Å². The van der Waals surface area contributed by atoms with Gasteiger partial charge in [-0.1, -0.05) is 0 Å². The molecule has 8 heteroatoms. The van der Waals surface area contributed by atoms with E-state index in [2.05, 4.69) is 15.0 Å². The SMILES string of the molecule is CCOc1nc(N)nc(N2CC(C)OC(CO)C2)n1. The van der Waals surface area contributed by atoms with Crippen LogP contribution in [0.2, 0.25) is 0 Å². The van der Waals surface area contributed by atoms with Gasteiger partial charge < -0.3 is 25.2 Å². The summed E-state index contributed by atoms with van der Waals surface area (Å²) >= 11 is 0. The summed E-state index contributed by atoms with van der Waals surface area (Å²) < 4.78 is 10.8. The molecule has 1 aliphatic heterocycles. The molecule has 3 N–H and O–H groups in total. The first kappa shape index (κ1) is 13.8. The van der Waals surface area contributed by atoms with Crippen LogP contribution in [0.1, 0.15) is 13.8 Å². The molecule has 0 aliphatic carbocycles. The highest BCUT2D eigenvalue weighted by molar-refractivity contribution is 5.36. The Morgan fingerprint density at radius 2 is 2.21 bits per heavy atom. The van der Waals surface area contributed by atoms with Crippen LogP contribution in [0.4, 0.5) is 11.9 Å². The Labute approximate surface area is 111 Å². The molecule has 106 valence electrons. The van der Waals surface area contributed by atoms with Crippen molar-refractivity contribution in [2.75, 3.05) is 36.9 Å². The van der Waals surface area contributed by atoms with Gasteiger partial charge in [-0.05, 0) is 13.8 Å². The molecule has 1 aromatic rings. The van der Waals surface area contributed by atoms with Crippen LogP contribution in [-0.4, -0.2) is 58.6 Å². The van der Waals surface area contributed by atoms with Gasteiger partial charge in [-0.25, -0.2) is 0 Å². The van der Waals surface area contributed by atoms with Gasteiger partial charge in [0.05, 0.1) is 25.4 Å². The van der Waals surface area contributed by atoms with Crippen molar-refractivity contribution in [1.29, 1.82) is 0 Å². The lowest BCUT2D eigenvalue weighted by Gasteiger charge is -2.35. The van der Waals surface area contributed by atoms with Gasteiger partial charge in [0, 0.05) is 13.1 Å². The molecular formula is C11H19N5O3. The van der Waals surface area contributed by atoms with Crippen LogP contribution in [0.25, 0.3) is 0 Å². The minimum Gasteiger partial charge on any atom is -0.464 e. The van der Waals surface area contributed by atoms with E-state index in [1.807, 2.05) is 18.7 Å². The van der Waals surface area contributed by atoms with E-state index in [-0.39, 0.29) is 30.8 Å². The van der Waals surface area contributed by atoms with Crippen molar-refractivity contribution in [3.63, 3.8) is 0 Å². The summed E-state index contributed by atoms with van der Waals surface area (Å²) in [4.78, 5) is 14.1. The molecule has 0 saturated carbocycles. The molecule has 1 fully saturated rings. The number of anilines is 2. The Balaban J connectivity index is 2.20. The highest BCUT2D eigenvalue weighted by Gasteiger charge is 2.27. The topological polar surface area (TPSA) is 107 Å². The van der Waals surface area contributed by atoms with Gasteiger partial charge in [-0.15, -0.1) is 0 Å². The zero-order valence-corrected chi connectivity index (χ0v) is 11.1. The van der Waals surface area contributed by atoms with E-state index in [0.29, 0.717) is 25.6 Å². The van der Waals surface area contributed by atoms with Gasteiger partial charge in [0.25, 0.3) is 0 Å². The molecule has 1 aromatic heterocycles. The molecule has 1 aliphatic rings. The van der Waals surface area contributed by atoms with Gasteiger partial charge in [0.15, 0.2) is 0 Å². The van der Waals surface area contributed by atoms with Crippen molar-refractivity contribution >= 4 is 11.9 Å². The molecule has 0 spiro atoms. The average molecular weight is 269 g/mol. The van der Waals surface area contributed by atoms with Crippen molar-refractivity contribution < 1.29 is 14.6 Å². The van der Waals surface area contributed by atoms with E-state index in [1.54, 1.807) is 0 Å². The van der Waals surface area contributed by atoms with E-state index in [4.69, 9.17) is 15.2 Å². The maximum Gasteiger partial charge on any atom is 0.323 e. The molecule has 0 aromatic carbocycles. The van der Waals surface area contributed by atoms with Gasteiger partial charge in [-0.3, -0.25) is 0 Å². The van der Waals surface area contributed by atoms with E-state index < -0.39 is 0 Å². The zero-order chi connectivity index (χ0) is 13.8. The number of hydrogen-bond acceptors (Lipinski definition) is 8. The quantitative estimate of drug-likeness (QED) is 0.749. The number of nitrogens with zero attached hydrogens (tertiary/aromatic N) is 4. The minimum atomic E-state index is -0.253. The van der Waals surface area contributed by atoms with Crippen LogP contribution in [0.5, 0.6) is 6.01 Å². The first-order chi connectivity index (χ1) is 9.12. The summed E-state index contributed by atoms with van der Waals surface area (Å²) in [5, 5.41) is 9.21. The Hall–Kier alpha value is -1.67. The Bertz CT molecular complexity index is 431. The molecule has 1 saturated heterocycles. The standard InChI is InChI=1S/C11H19N5O3/c1-3-18-11-14-9(12)13-10(15-11)16-4-7(2)19-8(5-16)6-17/h7-8,17H,3-6H2,1-2H3,(H2,12,13,14,15). The highest BCUT2D eigenvalue weighted by Crippen LogP contribution is 2.19. The summed E-state index contributed by atoms with van der Waals surface area (Å²) in [6.07, 6.45) is -0.267. The van der Waals surface area contributed by atoms with E-state index >= 15 is 0 Å². The highest BCUT2D eigenvalue weighted by atomic mass is 16.5. The lowest BCUT2D eigenvalue weighted by Crippen LogP contribution is -2.48. The second-order valence-electron chi connectivity index (χ2n) is 4.37. The van der Waals surface area contributed by atoms with Crippen molar-refractivity contribution in [2.24, 2.45) is 0 Å². The molecule has 2 rings (SSSR count). The summed E-state index contributed by atoms with van der Waals surface area (Å²) in [7, 11) is 0. The third kappa shape index (κ3) is 3.42. The predicted molar refractivity (Wildman–Crippen MR) is 69.0 cm³/mol. The predicted octanol–water partition coefficient (Wildman–Crippen LogP) is -0.561. The molecule has 0 bridgehead atoms. The van der Waals surface area contributed by atoms with Crippen molar-refractivity contribution in [3.05, 3.63) is 0 Å². The first-order valence-corrected chi connectivity index (χ1v) is 6.28.